The highest BCUT2D eigenvalue weighted by molar-refractivity contribution is 6.01. The largest absolute Gasteiger partial charge is 0.481 e. The highest BCUT2D eigenvalue weighted by atomic mass is 16.4. The zero-order chi connectivity index (χ0) is 10.2. The predicted octanol–water partition coefficient (Wildman–Crippen LogP) is 0.162. The zero-order valence-electron chi connectivity index (χ0n) is 7.30. The van der Waals surface area contributed by atoms with Crippen molar-refractivity contribution in [3.05, 3.63) is 24.3 Å². The fourth-order valence-corrected chi connectivity index (χ4v) is 1.65. The Balaban J connectivity index is 2.39. The average molecular weight is 192 g/mol. The molecule has 1 saturated carbocycles. The van der Waals surface area contributed by atoms with Gasteiger partial charge in [-0.2, -0.15) is 0 Å². The number of aliphatic carboxylic acids is 1. The number of Topliss-reactive ketones (excluding diaryl/α,β-unsaturated/α-hetero) is 1. The molecule has 0 radical (unpaired) electrons. The van der Waals surface area contributed by atoms with Gasteiger partial charge >= 0.3 is 5.97 Å². The maximum Gasteiger partial charge on any atom is 0.315 e. The number of carbonyl (C=O) groups excluding carboxylic acids is 1. The van der Waals surface area contributed by atoms with Gasteiger partial charge in [0.25, 0.3) is 0 Å². The first-order chi connectivity index (χ1) is 6.65. The SMILES string of the molecule is O=C1CC(C(=O)O)(c2cncnc2)C1. The van der Waals surface area contributed by atoms with Gasteiger partial charge in [0.1, 0.15) is 17.5 Å². The molecule has 0 saturated heterocycles. The van der Waals surface area contributed by atoms with Crippen LogP contribution >= 0.6 is 0 Å². The van der Waals surface area contributed by atoms with Crippen LogP contribution in [0.3, 0.4) is 0 Å². The Bertz CT molecular complexity index is 380. The molecule has 0 aliphatic heterocycles. The van der Waals surface area contributed by atoms with Crippen molar-refractivity contribution in [2.75, 3.05) is 0 Å². The molecule has 1 N–H and O–H groups in total. The van der Waals surface area contributed by atoms with Gasteiger partial charge in [-0.3, -0.25) is 9.59 Å². The maximum absolute atomic E-state index is 11.0. The van der Waals surface area contributed by atoms with Gasteiger partial charge in [0.15, 0.2) is 0 Å². The lowest BCUT2D eigenvalue weighted by Crippen LogP contribution is -2.48. The van der Waals surface area contributed by atoms with E-state index in [9.17, 15) is 9.59 Å². The van der Waals surface area contributed by atoms with Gasteiger partial charge < -0.3 is 5.11 Å². The molecule has 0 bridgehead atoms. The van der Waals surface area contributed by atoms with E-state index in [2.05, 4.69) is 9.97 Å². The molecule has 1 fully saturated rings. The lowest BCUT2D eigenvalue weighted by molar-refractivity contribution is -0.153. The van der Waals surface area contributed by atoms with Gasteiger partial charge in [0, 0.05) is 30.8 Å². The third kappa shape index (κ3) is 1.09. The molecule has 0 aromatic carbocycles. The minimum absolute atomic E-state index is 0.0312. The zero-order valence-corrected chi connectivity index (χ0v) is 7.30. The standard InChI is InChI=1S/C9H8N2O3/c12-7-1-9(2-7,8(13)14)6-3-10-5-11-4-6/h3-5H,1-2H2,(H,13,14). The topological polar surface area (TPSA) is 80.2 Å². The molecule has 1 aromatic rings. The van der Waals surface area contributed by atoms with Crippen molar-refractivity contribution in [3.8, 4) is 0 Å². The van der Waals surface area contributed by atoms with Gasteiger partial charge in [-0.25, -0.2) is 9.97 Å². The Hall–Kier alpha value is -1.78. The van der Waals surface area contributed by atoms with Gasteiger partial charge in [-0.15, -0.1) is 0 Å². The number of carboxylic acids is 1. The molecule has 1 aliphatic carbocycles. The summed E-state index contributed by atoms with van der Waals surface area (Å²) in [5.41, 5.74) is -0.565. The van der Waals surface area contributed by atoms with Crippen LogP contribution < -0.4 is 0 Å². The van der Waals surface area contributed by atoms with Gasteiger partial charge in [0.2, 0.25) is 0 Å². The molecule has 5 heteroatoms. The van der Waals surface area contributed by atoms with Gasteiger partial charge in [-0.1, -0.05) is 0 Å². The third-order valence-corrected chi connectivity index (χ3v) is 2.52. The van der Waals surface area contributed by atoms with Crippen LogP contribution in [-0.4, -0.2) is 26.8 Å². The number of hydrogen-bond acceptors (Lipinski definition) is 4. The molecule has 0 spiro atoms. The summed E-state index contributed by atoms with van der Waals surface area (Å²) in [6, 6.07) is 0. The summed E-state index contributed by atoms with van der Waals surface area (Å²) in [6.45, 7) is 0. The van der Waals surface area contributed by atoms with Crippen LogP contribution in [-0.2, 0) is 15.0 Å². The summed E-state index contributed by atoms with van der Waals surface area (Å²) in [5.74, 6) is -1.01. The molecule has 14 heavy (non-hydrogen) atoms. The van der Waals surface area contributed by atoms with Crippen molar-refractivity contribution in [3.63, 3.8) is 0 Å². The van der Waals surface area contributed by atoms with E-state index in [0.29, 0.717) is 5.56 Å². The number of ketones is 1. The van der Waals surface area contributed by atoms with E-state index < -0.39 is 11.4 Å². The van der Waals surface area contributed by atoms with Crippen LogP contribution in [0.2, 0.25) is 0 Å². The molecule has 0 amide bonds. The number of aromatic nitrogens is 2. The number of rotatable bonds is 2. The average Bonchev–Trinajstić information content (AvgIpc) is 2.13. The van der Waals surface area contributed by atoms with Crippen LogP contribution in [0.25, 0.3) is 0 Å². The second-order valence-electron chi connectivity index (χ2n) is 3.41. The molecular formula is C9H8N2O3. The summed E-state index contributed by atoms with van der Waals surface area (Å²) >= 11 is 0. The second-order valence-corrected chi connectivity index (χ2v) is 3.41. The highest BCUT2D eigenvalue weighted by Gasteiger charge is 2.51. The first-order valence-corrected chi connectivity index (χ1v) is 4.16. The van der Waals surface area contributed by atoms with Crippen LogP contribution in [0.5, 0.6) is 0 Å². The molecular weight excluding hydrogens is 184 g/mol. The minimum atomic E-state index is -1.07. The van der Waals surface area contributed by atoms with Crippen molar-refractivity contribution in [1.82, 2.24) is 9.97 Å². The predicted molar refractivity (Wildman–Crippen MR) is 45.6 cm³/mol. The van der Waals surface area contributed by atoms with Crippen molar-refractivity contribution in [2.24, 2.45) is 0 Å². The molecule has 2 rings (SSSR count). The lowest BCUT2D eigenvalue weighted by Gasteiger charge is -2.35. The lowest BCUT2D eigenvalue weighted by atomic mass is 9.64. The van der Waals surface area contributed by atoms with E-state index in [-0.39, 0.29) is 18.6 Å². The molecule has 72 valence electrons. The van der Waals surface area contributed by atoms with E-state index in [1.165, 1.54) is 18.7 Å². The summed E-state index contributed by atoms with van der Waals surface area (Å²) in [7, 11) is 0. The monoisotopic (exact) mass is 192 g/mol. The van der Waals surface area contributed by atoms with Crippen molar-refractivity contribution < 1.29 is 14.7 Å². The Morgan fingerprint density at radius 3 is 2.36 bits per heavy atom. The van der Waals surface area contributed by atoms with E-state index >= 15 is 0 Å². The Kier molecular flexibility index (Phi) is 1.80. The number of carbonyl (C=O) groups is 2. The molecule has 1 heterocycles. The third-order valence-electron chi connectivity index (χ3n) is 2.52. The summed E-state index contributed by atoms with van der Waals surface area (Å²) < 4.78 is 0. The van der Waals surface area contributed by atoms with Gasteiger partial charge in [-0.05, 0) is 0 Å². The van der Waals surface area contributed by atoms with Gasteiger partial charge in [0.05, 0.1) is 0 Å². The van der Waals surface area contributed by atoms with E-state index in [1.807, 2.05) is 0 Å². The Morgan fingerprint density at radius 1 is 1.36 bits per heavy atom. The maximum atomic E-state index is 11.0. The smallest absolute Gasteiger partial charge is 0.315 e. The highest BCUT2D eigenvalue weighted by Crippen LogP contribution is 2.40. The van der Waals surface area contributed by atoms with Crippen LogP contribution in [0.1, 0.15) is 18.4 Å². The molecule has 5 nitrogen and oxygen atoms in total. The molecule has 1 aliphatic rings. The molecule has 0 atom stereocenters. The first kappa shape index (κ1) is 8.80. The summed E-state index contributed by atoms with van der Waals surface area (Å²) in [6.07, 6.45) is 4.34. The van der Waals surface area contributed by atoms with Crippen LogP contribution in [0, 0.1) is 0 Å². The van der Waals surface area contributed by atoms with Crippen molar-refractivity contribution >= 4 is 11.8 Å². The number of carboxylic acid groups (broad SMARTS) is 1. The van der Waals surface area contributed by atoms with E-state index in [1.54, 1.807) is 0 Å². The Morgan fingerprint density at radius 2 is 1.93 bits per heavy atom. The van der Waals surface area contributed by atoms with Crippen LogP contribution in [0.4, 0.5) is 0 Å². The fraction of sp³-hybridized carbons (Fsp3) is 0.333. The molecule has 1 aromatic heterocycles. The minimum Gasteiger partial charge on any atom is -0.481 e. The summed E-state index contributed by atoms with van der Waals surface area (Å²) in [4.78, 5) is 29.4. The number of nitrogens with zero attached hydrogens (tertiary/aromatic N) is 2. The first-order valence-electron chi connectivity index (χ1n) is 4.16. The van der Waals surface area contributed by atoms with Crippen molar-refractivity contribution in [1.29, 1.82) is 0 Å². The molecule has 0 unspecified atom stereocenters. The Labute approximate surface area is 79.8 Å². The summed E-state index contributed by atoms with van der Waals surface area (Å²) in [5, 5.41) is 9.05. The quantitative estimate of drug-likeness (QED) is 0.722. The fourth-order valence-electron chi connectivity index (χ4n) is 1.65. The van der Waals surface area contributed by atoms with Crippen molar-refractivity contribution in [2.45, 2.75) is 18.3 Å². The number of hydrogen-bond donors (Lipinski definition) is 1. The van der Waals surface area contributed by atoms with Crippen LogP contribution in [0.15, 0.2) is 18.7 Å². The normalized spacial score (nSPS) is 18.7. The second kappa shape index (κ2) is 2.87. The van der Waals surface area contributed by atoms with E-state index in [4.69, 9.17) is 5.11 Å². The van der Waals surface area contributed by atoms with E-state index in [0.717, 1.165) is 0 Å².